The maximum Gasteiger partial charge on any atom is 0.311 e. The van der Waals surface area contributed by atoms with Crippen LogP contribution in [0.15, 0.2) is 54.7 Å². The fraction of sp³-hybridized carbons (Fsp3) is 0.286. The molecule has 28 heavy (non-hydrogen) atoms. The van der Waals surface area contributed by atoms with Gasteiger partial charge in [0.25, 0.3) is 0 Å². The molecule has 0 bridgehead atoms. The molecule has 3 aromatic rings. The Hall–Kier alpha value is -3.35. The topological polar surface area (TPSA) is 82.2 Å². The molecule has 0 saturated heterocycles. The molecule has 1 N–H and O–H groups in total. The zero-order valence-electron chi connectivity index (χ0n) is 16.5. The van der Waals surface area contributed by atoms with Crippen LogP contribution in [0.1, 0.15) is 26.3 Å². The molecule has 1 aromatic heterocycles. The Balaban J connectivity index is 1.84. The lowest BCUT2D eigenvalue weighted by molar-refractivity contribution is -0.386. The largest absolute Gasteiger partial charge is 0.481 e. The van der Waals surface area contributed by atoms with Gasteiger partial charge in [0.1, 0.15) is 5.60 Å². The van der Waals surface area contributed by atoms with Gasteiger partial charge in [-0.1, -0.05) is 30.3 Å². The van der Waals surface area contributed by atoms with Crippen LogP contribution in [0.25, 0.3) is 11.3 Å². The molecular weight excluding hydrogens is 356 g/mol. The van der Waals surface area contributed by atoms with Gasteiger partial charge in [-0.3, -0.25) is 14.8 Å². The Kier molecular flexibility index (Phi) is 5.35. The zero-order chi connectivity index (χ0) is 20.3. The quantitative estimate of drug-likeness (QED) is 0.491. The van der Waals surface area contributed by atoms with Gasteiger partial charge in [-0.2, -0.15) is 5.10 Å². The number of nitrogens with zero attached hydrogens (tertiary/aromatic N) is 3. The van der Waals surface area contributed by atoms with Crippen LogP contribution < -0.4 is 10.1 Å². The van der Waals surface area contributed by atoms with Crippen LogP contribution in [-0.4, -0.2) is 20.3 Å². The highest BCUT2D eigenvalue weighted by Crippen LogP contribution is 2.33. The van der Waals surface area contributed by atoms with Crippen molar-refractivity contribution in [3.8, 4) is 17.0 Å². The third-order valence-electron chi connectivity index (χ3n) is 4.01. The molecule has 0 atom stereocenters. The molecule has 0 unspecified atom stereocenters. The lowest BCUT2D eigenvalue weighted by Crippen LogP contribution is -2.23. The summed E-state index contributed by atoms with van der Waals surface area (Å²) < 4.78 is 7.57. The maximum absolute atomic E-state index is 11.3. The molecule has 2 aromatic carbocycles. The second-order valence-corrected chi connectivity index (χ2v) is 7.55. The highest BCUT2D eigenvalue weighted by molar-refractivity contribution is 5.64. The fourth-order valence-electron chi connectivity index (χ4n) is 2.89. The Morgan fingerprint density at radius 3 is 2.54 bits per heavy atom. The number of anilines is 1. The second-order valence-electron chi connectivity index (χ2n) is 7.55. The molecule has 0 aliphatic rings. The second kappa shape index (κ2) is 7.72. The molecule has 146 valence electrons. The van der Waals surface area contributed by atoms with E-state index in [1.54, 1.807) is 16.8 Å². The van der Waals surface area contributed by atoms with E-state index in [2.05, 4.69) is 10.4 Å². The molecule has 7 nitrogen and oxygen atoms in total. The normalized spacial score (nSPS) is 11.3. The molecule has 0 fully saturated rings. The lowest BCUT2D eigenvalue weighted by atomic mass is 10.1. The van der Waals surface area contributed by atoms with Crippen LogP contribution >= 0.6 is 0 Å². The molecule has 0 amide bonds. The van der Waals surface area contributed by atoms with Crippen molar-refractivity contribution >= 4 is 11.4 Å². The number of hydrogen-bond acceptors (Lipinski definition) is 5. The molecule has 3 rings (SSSR count). The summed E-state index contributed by atoms with van der Waals surface area (Å²) in [6.07, 6.45) is 1.97. The standard InChI is InChI=1S/C21H24N4O3/c1-21(2,3)28-19-12-17(10-11-18(19)25(26)27)22-13-16-14-24(4)23-20(16)15-8-6-5-7-9-15/h5-12,14,22H,13H2,1-4H3. The summed E-state index contributed by atoms with van der Waals surface area (Å²) in [7, 11) is 1.89. The van der Waals surface area contributed by atoms with Gasteiger partial charge < -0.3 is 10.1 Å². The van der Waals surface area contributed by atoms with E-state index in [-0.39, 0.29) is 11.4 Å². The highest BCUT2D eigenvalue weighted by Gasteiger charge is 2.21. The Bertz CT molecular complexity index is 975. The van der Waals surface area contributed by atoms with Gasteiger partial charge in [0.05, 0.1) is 10.6 Å². The van der Waals surface area contributed by atoms with E-state index in [4.69, 9.17) is 4.74 Å². The van der Waals surface area contributed by atoms with Gasteiger partial charge >= 0.3 is 5.69 Å². The van der Waals surface area contributed by atoms with Crippen molar-refractivity contribution in [2.75, 3.05) is 5.32 Å². The average molecular weight is 380 g/mol. The molecule has 1 heterocycles. The van der Waals surface area contributed by atoms with Crippen LogP contribution in [0.3, 0.4) is 0 Å². The number of nitro groups is 1. The predicted octanol–water partition coefficient (Wildman–Crippen LogP) is 4.78. The molecule has 0 aliphatic heterocycles. The summed E-state index contributed by atoms with van der Waals surface area (Å²) in [5.74, 6) is 0.247. The first kappa shape index (κ1) is 19.4. The summed E-state index contributed by atoms with van der Waals surface area (Å²) >= 11 is 0. The Labute approximate surface area is 164 Å². The number of benzene rings is 2. The average Bonchev–Trinajstić information content (AvgIpc) is 3.00. The van der Waals surface area contributed by atoms with Crippen LogP contribution in [0.2, 0.25) is 0 Å². The van der Waals surface area contributed by atoms with Crippen molar-refractivity contribution in [1.29, 1.82) is 0 Å². The number of nitrogens with one attached hydrogen (secondary N) is 1. The van der Waals surface area contributed by atoms with Crippen molar-refractivity contribution in [1.82, 2.24) is 9.78 Å². The smallest absolute Gasteiger partial charge is 0.311 e. The van der Waals surface area contributed by atoms with E-state index in [1.807, 2.05) is 64.3 Å². The van der Waals surface area contributed by atoms with Crippen molar-refractivity contribution in [2.24, 2.45) is 7.05 Å². The number of rotatable bonds is 6. The SMILES string of the molecule is Cn1cc(CNc2ccc([N+](=O)[O-])c(OC(C)(C)C)c2)c(-c2ccccc2)n1. The number of nitro benzene ring substituents is 1. The molecule has 0 aliphatic carbocycles. The first-order valence-electron chi connectivity index (χ1n) is 9.02. The third kappa shape index (κ3) is 4.68. The maximum atomic E-state index is 11.3. The van der Waals surface area contributed by atoms with E-state index in [0.29, 0.717) is 6.54 Å². The van der Waals surface area contributed by atoms with E-state index < -0.39 is 10.5 Å². The van der Waals surface area contributed by atoms with Gasteiger partial charge in [0.15, 0.2) is 5.75 Å². The van der Waals surface area contributed by atoms with Crippen LogP contribution in [0, 0.1) is 10.1 Å². The number of aryl methyl sites for hydroxylation is 1. The van der Waals surface area contributed by atoms with E-state index in [1.165, 1.54) is 6.07 Å². The molecule has 0 saturated carbocycles. The minimum Gasteiger partial charge on any atom is -0.481 e. The summed E-state index contributed by atoms with van der Waals surface area (Å²) in [4.78, 5) is 10.9. The van der Waals surface area contributed by atoms with Gasteiger partial charge in [-0.25, -0.2) is 0 Å². The summed E-state index contributed by atoms with van der Waals surface area (Å²) in [5.41, 5.74) is 3.14. The monoisotopic (exact) mass is 380 g/mol. The molecule has 0 spiro atoms. The lowest BCUT2D eigenvalue weighted by Gasteiger charge is -2.21. The van der Waals surface area contributed by atoms with E-state index in [0.717, 1.165) is 22.5 Å². The minimum atomic E-state index is -0.535. The van der Waals surface area contributed by atoms with Gasteiger partial charge in [-0.15, -0.1) is 0 Å². The number of hydrogen-bond donors (Lipinski definition) is 1. The number of aromatic nitrogens is 2. The highest BCUT2D eigenvalue weighted by atomic mass is 16.6. The van der Waals surface area contributed by atoms with Crippen molar-refractivity contribution in [3.63, 3.8) is 0 Å². The summed E-state index contributed by atoms with van der Waals surface area (Å²) in [5, 5.41) is 19.2. The van der Waals surface area contributed by atoms with Gasteiger partial charge in [0.2, 0.25) is 0 Å². The number of ether oxygens (including phenoxy) is 1. The Morgan fingerprint density at radius 1 is 1.18 bits per heavy atom. The van der Waals surface area contributed by atoms with E-state index in [9.17, 15) is 10.1 Å². The van der Waals surface area contributed by atoms with Crippen LogP contribution in [-0.2, 0) is 13.6 Å². The van der Waals surface area contributed by atoms with Crippen LogP contribution in [0.4, 0.5) is 11.4 Å². The van der Waals surface area contributed by atoms with E-state index >= 15 is 0 Å². The summed E-state index contributed by atoms with van der Waals surface area (Å²) in [6, 6.07) is 14.8. The van der Waals surface area contributed by atoms with Gasteiger partial charge in [0, 0.05) is 48.7 Å². The Morgan fingerprint density at radius 2 is 1.89 bits per heavy atom. The van der Waals surface area contributed by atoms with Gasteiger partial charge in [-0.05, 0) is 26.8 Å². The first-order chi connectivity index (χ1) is 13.2. The third-order valence-corrected chi connectivity index (χ3v) is 4.01. The minimum absolute atomic E-state index is 0.0492. The first-order valence-corrected chi connectivity index (χ1v) is 9.02. The fourth-order valence-corrected chi connectivity index (χ4v) is 2.89. The zero-order valence-corrected chi connectivity index (χ0v) is 16.5. The molecular formula is C21H24N4O3. The predicted molar refractivity (Wildman–Crippen MR) is 109 cm³/mol. The van der Waals surface area contributed by atoms with Crippen molar-refractivity contribution in [2.45, 2.75) is 32.9 Å². The summed E-state index contributed by atoms with van der Waals surface area (Å²) in [6.45, 7) is 6.11. The van der Waals surface area contributed by atoms with Crippen LogP contribution in [0.5, 0.6) is 5.75 Å². The molecule has 0 radical (unpaired) electrons. The molecule has 7 heteroatoms. The van der Waals surface area contributed by atoms with Crippen molar-refractivity contribution in [3.05, 3.63) is 70.4 Å². The van der Waals surface area contributed by atoms with Crippen molar-refractivity contribution < 1.29 is 9.66 Å².